The van der Waals surface area contributed by atoms with Crippen molar-refractivity contribution in [3.8, 4) is 33.5 Å². The molecule has 8 nitrogen and oxygen atoms in total. The van der Waals surface area contributed by atoms with Gasteiger partial charge in [0.25, 0.3) is 0 Å². The fraction of sp³-hybridized carbons (Fsp3) is 0.107. The van der Waals surface area contributed by atoms with Gasteiger partial charge in [0.15, 0.2) is 0 Å². The van der Waals surface area contributed by atoms with Crippen LogP contribution in [0.5, 0.6) is 11.8 Å². The molecule has 0 saturated heterocycles. The van der Waals surface area contributed by atoms with E-state index in [2.05, 4.69) is 45.9 Å². The first-order valence-electron chi connectivity index (χ1n) is 11.5. The zero-order valence-corrected chi connectivity index (χ0v) is 21.2. The number of amides is 1. The Hall–Kier alpha value is -4.63. The average molecular weight is 509 g/mol. The number of nitrogen functional groups attached to an aromatic ring is 1. The van der Waals surface area contributed by atoms with Crippen LogP contribution in [-0.4, -0.2) is 25.8 Å². The number of benzene rings is 1. The molecule has 0 aliphatic carbocycles. The van der Waals surface area contributed by atoms with Crippen molar-refractivity contribution in [2.75, 3.05) is 5.73 Å². The van der Waals surface area contributed by atoms with Crippen LogP contribution in [0.2, 0.25) is 0 Å². The van der Waals surface area contributed by atoms with E-state index in [1.807, 2.05) is 37.3 Å². The van der Waals surface area contributed by atoms with Gasteiger partial charge in [0.05, 0.1) is 11.9 Å². The summed E-state index contributed by atoms with van der Waals surface area (Å²) < 4.78 is 6.81. The second-order valence-electron chi connectivity index (χ2n) is 8.41. The topological polar surface area (TPSA) is 116 Å². The number of thiophene rings is 1. The van der Waals surface area contributed by atoms with Gasteiger partial charge in [0.2, 0.25) is 5.91 Å². The van der Waals surface area contributed by atoms with Gasteiger partial charge in [-0.2, -0.15) is 0 Å². The lowest BCUT2D eigenvalue weighted by Gasteiger charge is -2.11. The Morgan fingerprint density at radius 3 is 2.68 bits per heavy atom. The van der Waals surface area contributed by atoms with Crippen LogP contribution >= 0.6 is 11.3 Å². The van der Waals surface area contributed by atoms with Crippen molar-refractivity contribution in [1.82, 2.24) is 25.3 Å². The van der Waals surface area contributed by atoms with E-state index < -0.39 is 0 Å². The van der Waals surface area contributed by atoms with Gasteiger partial charge in [0, 0.05) is 45.2 Å². The summed E-state index contributed by atoms with van der Waals surface area (Å²) in [6.07, 6.45) is 6.28. The molecule has 1 amide bonds. The Balaban J connectivity index is 1.55. The quantitative estimate of drug-likeness (QED) is 0.275. The van der Waals surface area contributed by atoms with Crippen LogP contribution in [0, 0.1) is 13.8 Å². The lowest BCUT2D eigenvalue weighted by atomic mass is 9.98. The first kappa shape index (κ1) is 24.1. The van der Waals surface area contributed by atoms with Crippen LogP contribution < -0.4 is 15.8 Å². The highest BCUT2D eigenvalue weighted by Gasteiger charge is 2.20. The number of nitrogens with one attached hydrogen (secondary N) is 1. The van der Waals surface area contributed by atoms with Gasteiger partial charge in [-0.05, 0) is 60.9 Å². The van der Waals surface area contributed by atoms with Crippen LogP contribution in [0.1, 0.15) is 16.8 Å². The van der Waals surface area contributed by atoms with Gasteiger partial charge < -0.3 is 15.8 Å². The maximum atomic E-state index is 11.6. The van der Waals surface area contributed by atoms with Crippen molar-refractivity contribution in [1.29, 1.82) is 0 Å². The molecule has 5 aromatic rings. The van der Waals surface area contributed by atoms with Crippen molar-refractivity contribution < 1.29 is 9.53 Å². The van der Waals surface area contributed by atoms with E-state index in [9.17, 15) is 4.79 Å². The number of ether oxygens (including phenoxy) is 1. The second-order valence-corrected chi connectivity index (χ2v) is 9.46. The lowest BCUT2D eigenvalue weighted by molar-refractivity contribution is -0.116. The number of fused-ring (bicyclic) bond motifs is 1. The SMILES string of the molecule is C=CC(=O)NCc1ccc(-c2sc3ccnc(N)c3c2-c2ccc(Oc3nccc(C)n3)cn2)c(C)c1. The summed E-state index contributed by atoms with van der Waals surface area (Å²) in [7, 11) is 0. The molecule has 0 saturated carbocycles. The molecular formula is C28H24N6O2S. The maximum absolute atomic E-state index is 11.6. The van der Waals surface area contributed by atoms with E-state index in [4.69, 9.17) is 15.5 Å². The van der Waals surface area contributed by atoms with Crippen molar-refractivity contribution in [3.05, 3.63) is 90.5 Å². The second kappa shape index (κ2) is 10.2. The predicted octanol–water partition coefficient (Wildman–Crippen LogP) is 5.61. The smallest absolute Gasteiger partial charge is 0.322 e. The standard InChI is InChI=1S/C28H24N6O2S/c1-4-23(35)33-14-18-5-7-20(16(2)13-18)26-24(25-22(37-26)10-12-30-27(25)29)21-8-6-19(15-32-21)36-28-31-11-9-17(3)34-28/h4-13,15H,1,14H2,2-3H3,(H2,29,30)(H,33,35). The van der Waals surface area contributed by atoms with E-state index in [0.717, 1.165) is 48.6 Å². The minimum Gasteiger partial charge on any atom is -0.423 e. The molecule has 4 aromatic heterocycles. The molecule has 3 N–H and O–H groups in total. The molecule has 9 heteroatoms. The molecular weight excluding hydrogens is 484 g/mol. The van der Waals surface area contributed by atoms with Crippen molar-refractivity contribution >= 4 is 33.1 Å². The summed E-state index contributed by atoms with van der Waals surface area (Å²) in [6, 6.07) is 13.9. The molecule has 4 heterocycles. The third-order valence-electron chi connectivity index (χ3n) is 5.79. The number of hydrogen-bond donors (Lipinski definition) is 2. The first-order chi connectivity index (χ1) is 17.9. The summed E-state index contributed by atoms with van der Waals surface area (Å²) in [6.45, 7) is 7.85. The van der Waals surface area contributed by atoms with Gasteiger partial charge in [0.1, 0.15) is 11.6 Å². The number of pyridine rings is 2. The van der Waals surface area contributed by atoms with Gasteiger partial charge in [-0.3, -0.25) is 9.78 Å². The van der Waals surface area contributed by atoms with E-state index >= 15 is 0 Å². The van der Waals surface area contributed by atoms with E-state index in [-0.39, 0.29) is 11.9 Å². The highest BCUT2D eigenvalue weighted by atomic mass is 32.1. The molecule has 0 fully saturated rings. The monoisotopic (exact) mass is 508 g/mol. The number of rotatable bonds is 7. The summed E-state index contributed by atoms with van der Waals surface area (Å²) in [5, 5.41) is 3.68. The normalized spacial score (nSPS) is 10.9. The van der Waals surface area contributed by atoms with E-state index in [0.29, 0.717) is 18.1 Å². The number of carbonyl (C=O) groups is 1. The number of anilines is 1. The van der Waals surface area contributed by atoms with Crippen LogP contribution in [0.3, 0.4) is 0 Å². The Labute approximate surface area is 217 Å². The highest BCUT2D eigenvalue weighted by molar-refractivity contribution is 7.23. The number of aromatic nitrogens is 4. The zero-order chi connectivity index (χ0) is 25.9. The van der Waals surface area contributed by atoms with E-state index in [1.165, 1.54) is 6.08 Å². The van der Waals surface area contributed by atoms with Crippen LogP contribution in [0.15, 0.2) is 73.7 Å². The highest BCUT2D eigenvalue weighted by Crippen LogP contribution is 2.46. The molecule has 5 rings (SSSR count). The third-order valence-corrected chi connectivity index (χ3v) is 6.98. The minimum atomic E-state index is -0.205. The average Bonchev–Trinajstić information content (AvgIpc) is 3.28. The predicted molar refractivity (Wildman–Crippen MR) is 146 cm³/mol. The van der Waals surface area contributed by atoms with Gasteiger partial charge in [-0.15, -0.1) is 11.3 Å². The summed E-state index contributed by atoms with van der Waals surface area (Å²) in [5.74, 6) is 0.777. The number of carbonyl (C=O) groups excluding carboxylic acids is 1. The van der Waals surface area contributed by atoms with Gasteiger partial charge in [-0.1, -0.05) is 24.8 Å². The van der Waals surface area contributed by atoms with E-state index in [1.54, 1.807) is 29.9 Å². The molecule has 0 aliphatic heterocycles. The summed E-state index contributed by atoms with van der Waals surface area (Å²) in [5.41, 5.74) is 12.0. The molecule has 0 atom stereocenters. The lowest BCUT2D eigenvalue weighted by Crippen LogP contribution is -2.19. The fourth-order valence-corrected chi connectivity index (χ4v) is 5.33. The molecule has 0 unspecified atom stereocenters. The number of hydrogen-bond acceptors (Lipinski definition) is 8. The zero-order valence-electron chi connectivity index (χ0n) is 20.4. The molecule has 1 aromatic carbocycles. The number of nitrogens with zero attached hydrogens (tertiary/aromatic N) is 4. The Morgan fingerprint density at radius 1 is 1.11 bits per heavy atom. The maximum Gasteiger partial charge on any atom is 0.322 e. The van der Waals surface area contributed by atoms with Crippen LogP contribution in [0.25, 0.3) is 31.8 Å². The molecule has 0 bridgehead atoms. The summed E-state index contributed by atoms with van der Waals surface area (Å²) >= 11 is 1.64. The van der Waals surface area contributed by atoms with Crippen LogP contribution in [-0.2, 0) is 11.3 Å². The molecule has 0 radical (unpaired) electrons. The summed E-state index contributed by atoms with van der Waals surface area (Å²) in [4.78, 5) is 30.1. The largest absolute Gasteiger partial charge is 0.423 e. The van der Waals surface area contributed by atoms with Crippen LogP contribution in [0.4, 0.5) is 5.82 Å². The van der Waals surface area contributed by atoms with Gasteiger partial charge >= 0.3 is 6.01 Å². The van der Waals surface area contributed by atoms with Crippen molar-refractivity contribution in [2.24, 2.45) is 0 Å². The number of aryl methyl sites for hydroxylation is 2. The number of nitrogens with two attached hydrogens (primary N) is 1. The Bertz CT molecular complexity index is 1630. The Kier molecular flexibility index (Phi) is 6.61. The molecule has 184 valence electrons. The van der Waals surface area contributed by atoms with Crippen molar-refractivity contribution in [3.63, 3.8) is 0 Å². The molecule has 0 spiro atoms. The fourth-order valence-electron chi connectivity index (χ4n) is 4.03. The van der Waals surface area contributed by atoms with Crippen molar-refractivity contribution in [2.45, 2.75) is 20.4 Å². The molecule has 0 aliphatic rings. The Morgan fingerprint density at radius 2 is 1.95 bits per heavy atom. The van der Waals surface area contributed by atoms with Gasteiger partial charge in [-0.25, -0.2) is 15.0 Å². The molecule has 37 heavy (non-hydrogen) atoms. The minimum absolute atomic E-state index is 0.205. The first-order valence-corrected chi connectivity index (χ1v) is 12.4. The third kappa shape index (κ3) is 5.03.